The van der Waals surface area contributed by atoms with E-state index in [1.807, 2.05) is 0 Å². The minimum Gasteiger partial charge on any atom is -0.422 e. The van der Waals surface area contributed by atoms with Crippen molar-refractivity contribution in [2.45, 2.75) is 0 Å². The second-order valence-corrected chi connectivity index (χ2v) is 7.32. The Kier molecular flexibility index (Phi) is 8.71. The van der Waals surface area contributed by atoms with Crippen LogP contribution in [0.5, 0.6) is 11.5 Å². The Morgan fingerprint density at radius 3 is 1.33 bits per heavy atom. The molecule has 0 aromatic heterocycles. The van der Waals surface area contributed by atoms with Gasteiger partial charge in [0.1, 0.15) is 11.5 Å². The lowest BCUT2D eigenvalue weighted by Gasteiger charge is -2.06. The Labute approximate surface area is 176 Å². The third kappa shape index (κ3) is 7.84. The van der Waals surface area contributed by atoms with E-state index in [4.69, 9.17) is 18.9 Å². The number of carbonyl (C=O) groups is 2. The number of rotatable bonds is 9. The summed E-state index contributed by atoms with van der Waals surface area (Å²) in [7, 11) is 2.10. The van der Waals surface area contributed by atoms with Gasteiger partial charge in [0, 0.05) is 24.3 Å². The average Bonchev–Trinajstić information content (AvgIpc) is 2.71. The lowest BCUT2D eigenvalue weighted by atomic mass is 10.3. The first-order valence-electron chi connectivity index (χ1n) is 7.77. The minimum atomic E-state index is -1.00. The van der Waals surface area contributed by atoms with E-state index >= 15 is 0 Å². The number of ether oxygens (including phenoxy) is 4. The van der Waals surface area contributed by atoms with Crippen LogP contribution in [0.25, 0.3) is 0 Å². The average molecular weight is 456 g/mol. The fraction of sp³-hybridized carbons (Fsp3) is 0.125. The number of nitro benzene ring substituents is 2. The maximum Gasteiger partial charge on any atom is 0.514 e. The van der Waals surface area contributed by atoms with Gasteiger partial charge in [0.05, 0.1) is 9.85 Å². The Bertz CT molecular complexity index is 830. The standard InChI is InChI=1S/C16H12N2O10S2/c19-15(27-13-5-1-11(2-6-13)17(21)22)25-9-29-30-10-26-16(20)28-14-7-3-12(4-8-14)18(23)24/h1-8H,9-10H2. The van der Waals surface area contributed by atoms with Gasteiger partial charge in [-0.25, -0.2) is 9.59 Å². The first-order valence-corrected chi connectivity index (χ1v) is 10.3. The van der Waals surface area contributed by atoms with Crippen molar-refractivity contribution in [2.24, 2.45) is 0 Å². The van der Waals surface area contributed by atoms with Crippen LogP contribution in [-0.4, -0.2) is 34.0 Å². The summed E-state index contributed by atoms with van der Waals surface area (Å²) in [4.78, 5) is 42.9. The van der Waals surface area contributed by atoms with E-state index in [0.717, 1.165) is 21.6 Å². The lowest BCUT2D eigenvalue weighted by molar-refractivity contribution is -0.385. The number of hydrogen-bond acceptors (Lipinski definition) is 12. The number of hydrogen-bond donors (Lipinski definition) is 0. The summed E-state index contributed by atoms with van der Waals surface area (Å²) in [5, 5.41) is 21.1. The molecular formula is C16H12N2O10S2. The van der Waals surface area contributed by atoms with Crippen molar-refractivity contribution in [3.05, 3.63) is 68.8 Å². The highest BCUT2D eigenvalue weighted by Gasteiger charge is 2.11. The van der Waals surface area contributed by atoms with Gasteiger partial charge in [-0.15, -0.1) is 0 Å². The molecule has 0 aliphatic heterocycles. The Hall–Kier alpha value is -3.52. The van der Waals surface area contributed by atoms with Gasteiger partial charge in [0.2, 0.25) is 0 Å². The molecule has 0 aliphatic carbocycles. The van der Waals surface area contributed by atoms with Crippen molar-refractivity contribution in [3.63, 3.8) is 0 Å². The number of non-ortho nitro benzene ring substituents is 2. The summed E-state index contributed by atoms with van der Waals surface area (Å²) in [5.41, 5.74) is -0.287. The van der Waals surface area contributed by atoms with Crippen molar-refractivity contribution in [1.29, 1.82) is 0 Å². The van der Waals surface area contributed by atoms with E-state index in [-0.39, 0.29) is 34.8 Å². The summed E-state index contributed by atoms with van der Waals surface area (Å²) in [6.45, 7) is 0. The Morgan fingerprint density at radius 1 is 0.700 bits per heavy atom. The summed E-state index contributed by atoms with van der Waals surface area (Å²) in [5.74, 6) is -0.0600. The Balaban J connectivity index is 1.57. The monoisotopic (exact) mass is 456 g/mol. The number of benzene rings is 2. The van der Waals surface area contributed by atoms with Crippen LogP contribution in [0, 0.1) is 20.2 Å². The molecule has 0 heterocycles. The first kappa shape index (κ1) is 22.8. The van der Waals surface area contributed by atoms with Crippen LogP contribution in [-0.2, 0) is 9.47 Å². The van der Waals surface area contributed by atoms with Gasteiger partial charge in [-0.1, -0.05) is 0 Å². The van der Waals surface area contributed by atoms with E-state index in [2.05, 4.69) is 0 Å². The van der Waals surface area contributed by atoms with Crippen molar-refractivity contribution < 1.29 is 38.4 Å². The van der Waals surface area contributed by atoms with Crippen LogP contribution >= 0.6 is 21.6 Å². The van der Waals surface area contributed by atoms with Gasteiger partial charge >= 0.3 is 12.3 Å². The maximum atomic E-state index is 11.5. The number of nitro groups is 2. The molecule has 14 heteroatoms. The molecule has 0 atom stereocenters. The van der Waals surface area contributed by atoms with Crippen LogP contribution in [0.3, 0.4) is 0 Å². The highest BCUT2D eigenvalue weighted by Crippen LogP contribution is 2.23. The van der Waals surface area contributed by atoms with Crippen LogP contribution in [0.2, 0.25) is 0 Å². The van der Waals surface area contributed by atoms with Gasteiger partial charge < -0.3 is 18.9 Å². The summed E-state index contributed by atoms with van der Waals surface area (Å²) in [6, 6.07) is 9.75. The van der Waals surface area contributed by atoms with Crippen molar-refractivity contribution in [2.75, 3.05) is 11.9 Å². The molecule has 0 N–H and O–H groups in total. The second kappa shape index (κ2) is 11.5. The highest BCUT2D eigenvalue weighted by atomic mass is 33.1. The molecule has 30 heavy (non-hydrogen) atoms. The lowest BCUT2D eigenvalue weighted by Crippen LogP contribution is -2.11. The van der Waals surface area contributed by atoms with Crippen LogP contribution < -0.4 is 9.47 Å². The van der Waals surface area contributed by atoms with E-state index < -0.39 is 22.2 Å². The molecule has 0 saturated heterocycles. The predicted octanol–water partition coefficient (Wildman–Crippen LogP) is 4.53. The molecule has 0 aliphatic rings. The third-order valence-electron chi connectivity index (χ3n) is 3.03. The first-order chi connectivity index (χ1) is 14.3. The molecule has 2 aromatic carbocycles. The highest BCUT2D eigenvalue weighted by molar-refractivity contribution is 8.76. The van der Waals surface area contributed by atoms with Crippen LogP contribution in [0.1, 0.15) is 0 Å². The summed E-state index contributed by atoms with van der Waals surface area (Å²) < 4.78 is 19.2. The molecule has 0 amide bonds. The van der Waals surface area contributed by atoms with Crippen molar-refractivity contribution in [1.82, 2.24) is 0 Å². The molecule has 12 nitrogen and oxygen atoms in total. The van der Waals surface area contributed by atoms with E-state index in [1.54, 1.807) is 0 Å². The van der Waals surface area contributed by atoms with Crippen LogP contribution in [0.15, 0.2) is 48.5 Å². The molecular weight excluding hydrogens is 444 g/mol. The summed E-state index contributed by atoms with van der Waals surface area (Å²) >= 11 is 0. The SMILES string of the molecule is O=C(OCSSCOC(=O)Oc1ccc([N+](=O)[O-])cc1)Oc1ccc([N+](=O)[O-])cc1. The van der Waals surface area contributed by atoms with E-state index in [1.165, 1.54) is 48.5 Å². The second-order valence-electron chi connectivity index (χ2n) is 4.97. The topological polar surface area (TPSA) is 157 Å². The quantitative estimate of drug-likeness (QED) is 0.0988. The number of carbonyl (C=O) groups excluding carboxylic acids is 2. The molecule has 0 unspecified atom stereocenters. The van der Waals surface area contributed by atoms with Crippen molar-refractivity contribution in [3.8, 4) is 11.5 Å². The molecule has 0 bridgehead atoms. The number of nitrogens with zero attached hydrogens (tertiary/aromatic N) is 2. The van der Waals surface area contributed by atoms with Gasteiger partial charge in [-0.2, -0.15) is 0 Å². The zero-order chi connectivity index (χ0) is 21.9. The van der Waals surface area contributed by atoms with Crippen LogP contribution in [0.4, 0.5) is 21.0 Å². The van der Waals surface area contributed by atoms with Gasteiger partial charge in [0.15, 0.2) is 11.9 Å². The van der Waals surface area contributed by atoms with Gasteiger partial charge in [-0.3, -0.25) is 20.2 Å². The molecule has 2 aromatic rings. The van der Waals surface area contributed by atoms with Gasteiger partial charge in [-0.05, 0) is 45.9 Å². The normalized spacial score (nSPS) is 10.0. The molecule has 0 radical (unpaired) electrons. The van der Waals surface area contributed by atoms with Gasteiger partial charge in [0.25, 0.3) is 11.4 Å². The molecule has 158 valence electrons. The largest absolute Gasteiger partial charge is 0.514 e. The smallest absolute Gasteiger partial charge is 0.422 e. The molecule has 0 fully saturated rings. The minimum absolute atomic E-state index is 0.0839. The van der Waals surface area contributed by atoms with Crippen molar-refractivity contribution >= 4 is 45.3 Å². The predicted molar refractivity (Wildman–Crippen MR) is 105 cm³/mol. The Morgan fingerprint density at radius 2 is 1.03 bits per heavy atom. The summed E-state index contributed by atoms with van der Waals surface area (Å²) in [6.07, 6.45) is -2.01. The fourth-order valence-electron chi connectivity index (χ4n) is 1.74. The zero-order valence-electron chi connectivity index (χ0n) is 14.8. The fourth-order valence-corrected chi connectivity index (χ4v) is 2.86. The zero-order valence-corrected chi connectivity index (χ0v) is 16.5. The molecule has 2 rings (SSSR count). The maximum absolute atomic E-state index is 11.5. The molecule has 0 spiro atoms. The molecule has 0 saturated carbocycles. The van der Waals surface area contributed by atoms with E-state index in [9.17, 15) is 29.8 Å². The third-order valence-corrected chi connectivity index (χ3v) is 4.70. The van der Waals surface area contributed by atoms with E-state index in [0.29, 0.717) is 0 Å².